The van der Waals surface area contributed by atoms with Crippen molar-refractivity contribution in [1.82, 2.24) is 0 Å². The lowest BCUT2D eigenvalue weighted by Gasteiger charge is -2.58. The summed E-state index contributed by atoms with van der Waals surface area (Å²) >= 11 is 0. The smallest absolute Gasteiger partial charge is 0.0733 e. The molecule has 2 N–H and O–H groups in total. The Kier molecular flexibility index (Phi) is 2.56. The van der Waals surface area contributed by atoms with Crippen LogP contribution < -0.4 is 5.90 Å². The molecule has 0 aromatic rings. The van der Waals surface area contributed by atoms with E-state index in [2.05, 4.69) is 13.8 Å². The second-order valence-electron chi connectivity index (χ2n) is 7.26. The molecule has 92 valence electrons. The summed E-state index contributed by atoms with van der Waals surface area (Å²) in [4.78, 5) is 4.96. The van der Waals surface area contributed by atoms with Crippen LogP contribution in [-0.2, 0) is 4.84 Å². The zero-order valence-electron chi connectivity index (χ0n) is 10.6. The summed E-state index contributed by atoms with van der Waals surface area (Å²) < 4.78 is 0. The maximum atomic E-state index is 5.31. The van der Waals surface area contributed by atoms with Gasteiger partial charge in [0.25, 0.3) is 0 Å². The number of rotatable bonds is 3. The Bertz CT molecular complexity index is 246. The highest BCUT2D eigenvalue weighted by Gasteiger charge is 2.52. The van der Waals surface area contributed by atoms with Crippen molar-refractivity contribution in [3.63, 3.8) is 0 Å². The Balaban J connectivity index is 1.81. The van der Waals surface area contributed by atoms with E-state index in [1.54, 1.807) is 0 Å². The lowest BCUT2D eigenvalue weighted by atomic mass is 9.47. The molecule has 4 saturated carbocycles. The second-order valence-corrected chi connectivity index (χ2v) is 7.26. The molecular weight excluding hydrogens is 198 g/mol. The van der Waals surface area contributed by atoms with Gasteiger partial charge in [-0.2, -0.15) is 0 Å². The molecule has 0 spiro atoms. The van der Waals surface area contributed by atoms with Crippen molar-refractivity contribution in [3.8, 4) is 0 Å². The number of nitrogens with two attached hydrogens (primary N) is 1. The predicted octanol–water partition coefficient (Wildman–Crippen LogP) is 2.98. The van der Waals surface area contributed by atoms with Crippen LogP contribution in [0.3, 0.4) is 0 Å². The maximum Gasteiger partial charge on any atom is 0.0733 e. The Morgan fingerprint density at radius 1 is 1.00 bits per heavy atom. The van der Waals surface area contributed by atoms with Crippen LogP contribution in [0.4, 0.5) is 0 Å². The molecule has 0 aromatic carbocycles. The van der Waals surface area contributed by atoms with E-state index >= 15 is 0 Å². The van der Waals surface area contributed by atoms with E-state index in [4.69, 9.17) is 10.7 Å². The first kappa shape index (κ1) is 11.0. The summed E-state index contributed by atoms with van der Waals surface area (Å²) in [5, 5.41) is 0. The van der Waals surface area contributed by atoms with Gasteiger partial charge in [0.15, 0.2) is 0 Å². The molecule has 0 aromatic heterocycles. The molecular formula is C14H25NO. The van der Waals surface area contributed by atoms with E-state index in [0.717, 1.165) is 36.2 Å². The highest BCUT2D eigenvalue weighted by molar-refractivity contribution is 5.02. The third kappa shape index (κ3) is 1.62. The molecule has 4 aliphatic carbocycles. The summed E-state index contributed by atoms with van der Waals surface area (Å²) in [5.74, 6) is 10.2. The zero-order chi connectivity index (χ0) is 11.3. The molecule has 0 heterocycles. The second kappa shape index (κ2) is 3.71. The first-order chi connectivity index (χ1) is 7.60. The highest BCUT2D eigenvalue weighted by atomic mass is 16.6. The van der Waals surface area contributed by atoms with Gasteiger partial charge in [-0.1, -0.05) is 13.8 Å². The monoisotopic (exact) mass is 223 g/mol. The zero-order valence-corrected chi connectivity index (χ0v) is 10.6. The number of hydrogen-bond donors (Lipinski definition) is 1. The Morgan fingerprint density at radius 3 is 1.94 bits per heavy atom. The van der Waals surface area contributed by atoms with Crippen molar-refractivity contribution in [2.45, 2.75) is 46.0 Å². The van der Waals surface area contributed by atoms with E-state index in [-0.39, 0.29) is 5.41 Å². The van der Waals surface area contributed by atoms with Gasteiger partial charge in [0.2, 0.25) is 0 Å². The number of hydrogen-bond acceptors (Lipinski definition) is 2. The molecule has 16 heavy (non-hydrogen) atoms. The van der Waals surface area contributed by atoms with Crippen molar-refractivity contribution in [2.24, 2.45) is 40.9 Å². The van der Waals surface area contributed by atoms with Crippen molar-refractivity contribution in [2.75, 3.05) is 6.61 Å². The van der Waals surface area contributed by atoms with Crippen LogP contribution in [0, 0.1) is 35.0 Å². The van der Waals surface area contributed by atoms with Gasteiger partial charge in [-0.25, -0.2) is 5.90 Å². The third-order valence-corrected chi connectivity index (χ3v) is 5.58. The lowest BCUT2D eigenvalue weighted by molar-refractivity contribution is -0.109. The van der Waals surface area contributed by atoms with Crippen LogP contribution in [0.15, 0.2) is 0 Å². The van der Waals surface area contributed by atoms with Crippen LogP contribution in [0.1, 0.15) is 46.0 Å². The fourth-order valence-electron chi connectivity index (χ4n) is 5.51. The van der Waals surface area contributed by atoms with Crippen LogP contribution >= 0.6 is 0 Å². The first-order valence-electron chi connectivity index (χ1n) is 6.92. The fraction of sp³-hybridized carbons (Fsp3) is 1.00. The standard InChI is InChI=1S/C14H25NO/c1-14(2,8-16-15)13-11-4-9-3-10(6-11)7-12(13)5-9/h9-13H,3-8,15H2,1-2H3. The molecule has 2 nitrogen and oxygen atoms in total. The Hall–Kier alpha value is -0.0800. The summed E-state index contributed by atoms with van der Waals surface area (Å²) in [6, 6.07) is 0. The quantitative estimate of drug-likeness (QED) is 0.747. The molecule has 4 aliphatic rings. The summed E-state index contributed by atoms with van der Waals surface area (Å²) in [6.45, 7) is 5.43. The summed E-state index contributed by atoms with van der Waals surface area (Å²) in [6.07, 6.45) is 7.50. The highest BCUT2D eigenvalue weighted by Crippen LogP contribution is 2.60. The average molecular weight is 223 g/mol. The van der Waals surface area contributed by atoms with E-state index < -0.39 is 0 Å². The summed E-state index contributed by atoms with van der Waals surface area (Å²) in [5.41, 5.74) is 0.275. The molecule has 4 fully saturated rings. The Morgan fingerprint density at radius 2 is 1.50 bits per heavy atom. The fourth-order valence-corrected chi connectivity index (χ4v) is 5.51. The largest absolute Gasteiger partial charge is 0.304 e. The van der Waals surface area contributed by atoms with E-state index in [9.17, 15) is 0 Å². The normalized spacial score (nSPS) is 46.3. The third-order valence-electron chi connectivity index (χ3n) is 5.58. The van der Waals surface area contributed by atoms with Crippen LogP contribution in [-0.4, -0.2) is 6.61 Å². The minimum Gasteiger partial charge on any atom is -0.304 e. The summed E-state index contributed by atoms with van der Waals surface area (Å²) in [7, 11) is 0. The van der Waals surface area contributed by atoms with Crippen molar-refractivity contribution in [3.05, 3.63) is 0 Å². The van der Waals surface area contributed by atoms with Crippen molar-refractivity contribution < 1.29 is 4.84 Å². The van der Waals surface area contributed by atoms with Crippen LogP contribution in [0.5, 0.6) is 0 Å². The van der Waals surface area contributed by atoms with Gasteiger partial charge >= 0.3 is 0 Å². The molecule has 4 bridgehead atoms. The molecule has 0 aliphatic heterocycles. The van der Waals surface area contributed by atoms with Crippen LogP contribution in [0.25, 0.3) is 0 Å². The van der Waals surface area contributed by atoms with Crippen molar-refractivity contribution >= 4 is 0 Å². The molecule has 0 atom stereocenters. The molecule has 0 unspecified atom stereocenters. The molecule has 4 rings (SSSR count). The van der Waals surface area contributed by atoms with Gasteiger partial charge in [0.05, 0.1) is 6.61 Å². The van der Waals surface area contributed by atoms with Gasteiger partial charge < -0.3 is 4.84 Å². The van der Waals surface area contributed by atoms with E-state index in [0.29, 0.717) is 0 Å². The van der Waals surface area contributed by atoms with Gasteiger partial charge in [-0.15, -0.1) is 0 Å². The molecule has 0 saturated heterocycles. The van der Waals surface area contributed by atoms with Crippen LogP contribution in [0.2, 0.25) is 0 Å². The van der Waals surface area contributed by atoms with Gasteiger partial charge in [-0.3, -0.25) is 0 Å². The van der Waals surface area contributed by atoms with E-state index in [1.807, 2.05) is 0 Å². The molecule has 2 heteroatoms. The SMILES string of the molecule is CC(C)(CON)C1C2CC3CC(C2)CC1C3. The topological polar surface area (TPSA) is 35.2 Å². The Labute approximate surface area is 98.9 Å². The predicted molar refractivity (Wildman–Crippen MR) is 64.5 cm³/mol. The minimum atomic E-state index is 0.275. The van der Waals surface area contributed by atoms with Gasteiger partial charge in [0.1, 0.15) is 0 Å². The maximum absolute atomic E-state index is 5.31. The van der Waals surface area contributed by atoms with Crippen molar-refractivity contribution in [1.29, 1.82) is 0 Å². The minimum absolute atomic E-state index is 0.275. The first-order valence-corrected chi connectivity index (χ1v) is 6.92. The van der Waals surface area contributed by atoms with Gasteiger partial charge in [-0.05, 0) is 67.1 Å². The molecule has 0 radical (unpaired) electrons. The lowest BCUT2D eigenvalue weighted by Crippen LogP contribution is -2.51. The average Bonchev–Trinajstić information content (AvgIpc) is 2.14. The van der Waals surface area contributed by atoms with E-state index in [1.165, 1.54) is 32.1 Å². The molecule has 0 amide bonds. The van der Waals surface area contributed by atoms with Gasteiger partial charge in [0, 0.05) is 0 Å².